The van der Waals surface area contributed by atoms with Gasteiger partial charge in [0.15, 0.2) is 0 Å². The highest BCUT2D eigenvalue weighted by molar-refractivity contribution is 6.30. The summed E-state index contributed by atoms with van der Waals surface area (Å²) in [6, 6.07) is 9.69. The van der Waals surface area contributed by atoms with Crippen LogP contribution in [0, 0.1) is 5.95 Å². The second-order valence-electron chi connectivity index (χ2n) is 3.74. The molecule has 1 aromatic carbocycles. The third kappa shape index (κ3) is 4.19. The lowest BCUT2D eigenvalue weighted by Crippen LogP contribution is -2.07. The van der Waals surface area contributed by atoms with E-state index in [2.05, 4.69) is 10.3 Å². The number of rotatable bonds is 3. The molecule has 1 N–H and O–H groups in total. The molecule has 1 heterocycles. The van der Waals surface area contributed by atoms with E-state index in [-0.39, 0.29) is 5.91 Å². The molecule has 96 valence electrons. The first kappa shape index (κ1) is 13.2. The van der Waals surface area contributed by atoms with Gasteiger partial charge in [0.25, 0.3) is 0 Å². The summed E-state index contributed by atoms with van der Waals surface area (Å²) in [6.07, 6.45) is 4.29. The quantitative estimate of drug-likeness (QED) is 0.688. The van der Waals surface area contributed by atoms with Gasteiger partial charge in [-0.15, -0.1) is 0 Å². The summed E-state index contributed by atoms with van der Waals surface area (Å²) in [5.74, 6) is -0.905. The second-order valence-corrected chi connectivity index (χ2v) is 4.18. The molecule has 0 saturated carbocycles. The van der Waals surface area contributed by atoms with Crippen molar-refractivity contribution in [1.29, 1.82) is 0 Å². The molecule has 0 spiro atoms. The SMILES string of the molecule is O=C(/C=C/c1ccc(Cl)cc1)Nc1ccc(F)nc1. The molecule has 0 bridgehead atoms. The zero-order valence-electron chi connectivity index (χ0n) is 9.81. The Balaban J connectivity index is 1.97. The fourth-order valence-corrected chi connectivity index (χ4v) is 1.51. The summed E-state index contributed by atoms with van der Waals surface area (Å²) in [5, 5.41) is 3.21. The number of carbonyl (C=O) groups is 1. The minimum atomic E-state index is -0.588. The Morgan fingerprint density at radius 1 is 1.21 bits per heavy atom. The first-order valence-corrected chi connectivity index (χ1v) is 5.87. The number of hydrogen-bond acceptors (Lipinski definition) is 2. The van der Waals surface area contributed by atoms with E-state index in [1.165, 1.54) is 24.4 Å². The fourth-order valence-electron chi connectivity index (χ4n) is 1.38. The van der Waals surface area contributed by atoms with Crippen molar-refractivity contribution in [3.05, 3.63) is 65.2 Å². The molecule has 0 atom stereocenters. The zero-order chi connectivity index (χ0) is 13.7. The van der Waals surface area contributed by atoms with E-state index in [1.54, 1.807) is 30.3 Å². The Labute approximate surface area is 114 Å². The minimum absolute atomic E-state index is 0.316. The van der Waals surface area contributed by atoms with Gasteiger partial charge >= 0.3 is 0 Å². The van der Waals surface area contributed by atoms with E-state index in [0.29, 0.717) is 10.7 Å². The molecule has 0 radical (unpaired) electrons. The molecular formula is C14H10ClFN2O. The maximum atomic E-state index is 12.6. The maximum Gasteiger partial charge on any atom is 0.248 e. The normalized spacial score (nSPS) is 10.6. The van der Waals surface area contributed by atoms with Gasteiger partial charge in [-0.05, 0) is 35.9 Å². The van der Waals surface area contributed by atoms with Gasteiger partial charge in [0, 0.05) is 11.1 Å². The maximum absolute atomic E-state index is 12.6. The van der Waals surface area contributed by atoms with Crippen LogP contribution in [0.3, 0.4) is 0 Å². The van der Waals surface area contributed by atoms with Crippen LogP contribution < -0.4 is 5.32 Å². The van der Waals surface area contributed by atoms with Crippen LogP contribution in [0.25, 0.3) is 6.08 Å². The smallest absolute Gasteiger partial charge is 0.248 e. The van der Waals surface area contributed by atoms with Crippen molar-refractivity contribution in [2.45, 2.75) is 0 Å². The Bertz CT molecular complexity index is 594. The van der Waals surface area contributed by atoms with Gasteiger partial charge in [-0.25, -0.2) is 4.98 Å². The summed E-state index contributed by atoms with van der Waals surface area (Å²) in [5.41, 5.74) is 1.30. The number of aromatic nitrogens is 1. The van der Waals surface area contributed by atoms with Crippen LogP contribution >= 0.6 is 11.6 Å². The van der Waals surface area contributed by atoms with Crippen molar-refractivity contribution in [3.8, 4) is 0 Å². The monoisotopic (exact) mass is 276 g/mol. The van der Waals surface area contributed by atoms with Crippen LogP contribution in [-0.2, 0) is 4.79 Å². The summed E-state index contributed by atoms with van der Waals surface area (Å²) < 4.78 is 12.6. The lowest BCUT2D eigenvalue weighted by Gasteiger charge is -2.00. The number of pyridine rings is 1. The van der Waals surface area contributed by atoms with E-state index in [9.17, 15) is 9.18 Å². The number of nitrogens with one attached hydrogen (secondary N) is 1. The lowest BCUT2D eigenvalue weighted by atomic mass is 10.2. The highest BCUT2D eigenvalue weighted by Crippen LogP contribution is 2.11. The molecule has 0 aliphatic heterocycles. The van der Waals surface area contributed by atoms with Crippen LogP contribution in [0.15, 0.2) is 48.7 Å². The molecule has 19 heavy (non-hydrogen) atoms. The third-order valence-electron chi connectivity index (χ3n) is 2.29. The summed E-state index contributed by atoms with van der Waals surface area (Å²) >= 11 is 5.75. The predicted octanol–water partition coefficient (Wildman–Crippen LogP) is 3.53. The Hall–Kier alpha value is -2.20. The van der Waals surface area contributed by atoms with E-state index < -0.39 is 5.95 Å². The minimum Gasteiger partial charge on any atom is -0.321 e. The van der Waals surface area contributed by atoms with Crippen molar-refractivity contribution in [3.63, 3.8) is 0 Å². The molecule has 3 nitrogen and oxygen atoms in total. The van der Waals surface area contributed by atoms with Crippen molar-refractivity contribution in [2.75, 3.05) is 5.32 Å². The first-order chi connectivity index (χ1) is 9.13. The number of halogens is 2. The van der Waals surface area contributed by atoms with Crippen LogP contribution in [0.1, 0.15) is 5.56 Å². The summed E-state index contributed by atoms with van der Waals surface area (Å²) in [7, 11) is 0. The van der Waals surface area contributed by atoms with Gasteiger partial charge < -0.3 is 5.32 Å². The Kier molecular flexibility index (Phi) is 4.26. The van der Waals surface area contributed by atoms with Crippen molar-refractivity contribution in [2.24, 2.45) is 0 Å². The molecule has 0 aliphatic carbocycles. The molecule has 0 aliphatic rings. The highest BCUT2D eigenvalue weighted by Gasteiger charge is 1.98. The van der Waals surface area contributed by atoms with Gasteiger partial charge in [-0.2, -0.15) is 4.39 Å². The Morgan fingerprint density at radius 3 is 2.58 bits per heavy atom. The first-order valence-electron chi connectivity index (χ1n) is 5.50. The number of carbonyl (C=O) groups excluding carboxylic acids is 1. The average Bonchev–Trinajstić information content (AvgIpc) is 2.41. The predicted molar refractivity (Wildman–Crippen MR) is 73.3 cm³/mol. The van der Waals surface area contributed by atoms with Crippen LogP contribution in [0.5, 0.6) is 0 Å². The van der Waals surface area contributed by atoms with Crippen LogP contribution in [0.4, 0.5) is 10.1 Å². The second kappa shape index (κ2) is 6.11. The van der Waals surface area contributed by atoms with Crippen molar-refractivity contribution >= 4 is 29.3 Å². The van der Waals surface area contributed by atoms with E-state index >= 15 is 0 Å². The lowest BCUT2D eigenvalue weighted by molar-refractivity contribution is -0.111. The van der Waals surface area contributed by atoms with Crippen molar-refractivity contribution in [1.82, 2.24) is 4.98 Å². The van der Waals surface area contributed by atoms with E-state index in [4.69, 9.17) is 11.6 Å². The van der Waals surface area contributed by atoms with Gasteiger partial charge in [0.2, 0.25) is 11.9 Å². The number of anilines is 1. The van der Waals surface area contributed by atoms with Gasteiger partial charge in [0.1, 0.15) is 0 Å². The van der Waals surface area contributed by atoms with E-state index in [1.807, 2.05) is 0 Å². The van der Waals surface area contributed by atoms with Crippen molar-refractivity contribution < 1.29 is 9.18 Å². The Morgan fingerprint density at radius 2 is 1.95 bits per heavy atom. The molecule has 2 aromatic rings. The summed E-state index contributed by atoms with van der Waals surface area (Å²) in [4.78, 5) is 15.0. The number of nitrogens with zero attached hydrogens (tertiary/aromatic N) is 1. The number of benzene rings is 1. The molecule has 1 aromatic heterocycles. The highest BCUT2D eigenvalue weighted by atomic mass is 35.5. The molecule has 0 unspecified atom stereocenters. The zero-order valence-corrected chi connectivity index (χ0v) is 10.6. The number of hydrogen-bond donors (Lipinski definition) is 1. The van der Waals surface area contributed by atoms with Crippen LogP contribution in [-0.4, -0.2) is 10.9 Å². The van der Waals surface area contributed by atoms with E-state index in [0.717, 1.165) is 5.56 Å². The summed E-state index contributed by atoms with van der Waals surface area (Å²) in [6.45, 7) is 0. The third-order valence-corrected chi connectivity index (χ3v) is 2.54. The molecule has 1 amide bonds. The van der Waals surface area contributed by atoms with Gasteiger partial charge in [0.05, 0.1) is 11.9 Å². The van der Waals surface area contributed by atoms with Gasteiger partial charge in [-0.1, -0.05) is 23.7 Å². The fraction of sp³-hybridized carbons (Fsp3) is 0. The molecule has 5 heteroatoms. The largest absolute Gasteiger partial charge is 0.321 e. The molecule has 2 rings (SSSR count). The molecule has 0 fully saturated rings. The van der Waals surface area contributed by atoms with Gasteiger partial charge in [-0.3, -0.25) is 4.79 Å². The molecular weight excluding hydrogens is 267 g/mol. The topological polar surface area (TPSA) is 42.0 Å². The molecule has 0 saturated heterocycles. The number of amides is 1. The average molecular weight is 277 g/mol. The van der Waals surface area contributed by atoms with Crippen LogP contribution in [0.2, 0.25) is 5.02 Å². The standard InChI is InChI=1S/C14H10ClFN2O/c15-11-4-1-10(2-5-11)3-8-14(19)18-12-6-7-13(16)17-9-12/h1-9H,(H,18,19)/b8-3+.